The van der Waals surface area contributed by atoms with E-state index in [9.17, 15) is 0 Å². The molecule has 1 aromatic rings. The number of hydrogen-bond donors (Lipinski definition) is 0. The largest absolute Gasteiger partial charge is 0.0683 e. The summed E-state index contributed by atoms with van der Waals surface area (Å²) in [5, 5.41) is 0. The van der Waals surface area contributed by atoms with Crippen molar-refractivity contribution >= 4 is 0 Å². The van der Waals surface area contributed by atoms with E-state index in [0.717, 1.165) is 5.92 Å². The maximum Gasteiger partial charge on any atom is -0.0182 e. The fraction of sp³-hybridized carbons (Fsp3) is 0.684. The molecule has 0 N–H and O–H groups in total. The Bertz CT molecular complexity index is 348. The smallest absolute Gasteiger partial charge is 0.0182 e. The van der Waals surface area contributed by atoms with Crippen molar-refractivity contribution in [2.75, 3.05) is 0 Å². The molecule has 0 amide bonds. The molecule has 1 atom stereocenters. The lowest BCUT2D eigenvalue weighted by molar-refractivity contribution is 0.743. The zero-order chi connectivity index (χ0) is 15.6. The zero-order valence-corrected chi connectivity index (χ0v) is 15.1. The quantitative estimate of drug-likeness (QED) is 0.486. The van der Waals surface area contributed by atoms with Crippen LogP contribution in [-0.2, 0) is 6.42 Å². The summed E-state index contributed by atoms with van der Waals surface area (Å²) >= 11 is 0. The van der Waals surface area contributed by atoms with Gasteiger partial charge in [0.2, 0.25) is 0 Å². The van der Waals surface area contributed by atoms with E-state index in [4.69, 9.17) is 0 Å². The van der Waals surface area contributed by atoms with E-state index in [1.807, 2.05) is 41.5 Å². The number of aryl methyl sites for hydroxylation is 2. The van der Waals surface area contributed by atoms with Gasteiger partial charge in [-0.15, -0.1) is 0 Å². The Labute approximate surface area is 122 Å². The van der Waals surface area contributed by atoms with Gasteiger partial charge in [-0.1, -0.05) is 54.5 Å². The van der Waals surface area contributed by atoms with E-state index in [1.54, 1.807) is 16.7 Å². The van der Waals surface area contributed by atoms with Crippen LogP contribution in [0.2, 0.25) is 0 Å². The number of fused-ring (bicyclic) bond motifs is 1. The van der Waals surface area contributed by atoms with Crippen molar-refractivity contribution < 1.29 is 0 Å². The molecular formula is C19H36. The molecule has 1 aliphatic carbocycles. The lowest BCUT2D eigenvalue weighted by Crippen LogP contribution is -1.96. The summed E-state index contributed by atoms with van der Waals surface area (Å²) in [5.74, 6) is 0.786. The van der Waals surface area contributed by atoms with Gasteiger partial charge in [-0.3, -0.25) is 0 Å². The first-order valence-corrected chi connectivity index (χ1v) is 8.21. The highest BCUT2D eigenvalue weighted by atomic mass is 14.3. The summed E-state index contributed by atoms with van der Waals surface area (Å²) in [4.78, 5) is 0. The van der Waals surface area contributed by atoms with E-state index >= 15 is 0 Å². The highest BCUT2D eigenvalue weighted by molar-refractivity contribution is 5.48. The second kappa shape index (κ2) is 11.1. The molecule has 19 heavy (non-hydrogen) atoms. The van der Waals surface area contributed by atoms with E-state index < -0.39 is 0 Å². The standard InChI is InChI=1S/C13H18.3C2H6/c1-8-5-6-12-7-9(2)10(3)11(4)13(8)12;3*1-2/h7-8H,5-6H2,1-4H3;3*1-2H3. The van der Waals surface area contributed by atoms with Crippen molar-refractivity contribution in [2.24, 2.45) is 0 Å². The summed E-state index contributed by atoms with van der Waals surface area (Å²) < 4.78 is 0. The van der Waals surface area contributed by atoms with Gasteiger partial charge in [0.15, 0.2) is 0 Å². The Balaban J connectivity index is 0. The molecule has 0 bridgehead atoms. The molecule has 0 radical (unpaired) electrons. The van der Waals surface area contributed by atoms with E-state index in [2.05, 4.69) is 33.8 Å². The van der Waals surface area contributed by atoms with Crippen molar-refractivity contribution in [2.45, 2.75) is 88.0 Å². The van der Waals surface area contributed by atoms with Crippen LogP contribution in [0, 0.1) is 20.8 Å². The fourth-order valence-corrected chi connectivity index (χ4v) is 2.60. The molecule has 112 valence electrons. The molecule has 0 aromatic heterocycles. The molecule has 1 aromatic carbocycles. The second-order valence-corrected chi connectivity index (χ2v) is 4.46. The van der Waals surface area contributed by atoms with Gasteiger partial charge in [-0.05, 0) is 67.3 Å². The average molecular weight is 264 g/mol. The maximum absolute atomic E-state index is 2.39. The van der Waals surface area contributed by atoms with Crippen molar-refractivity contribution in [3.63, 3.8) is 0 Å². The Hall–Kier alpha value is -0.780. The van der Waals surface area contributed by atoms with E-state index in [0.29, 0.717) is 0 Å². The van der Waals surface area contributed by atoms with Gasteiger partial charge in [0.1, 0.15) is 0 Å². The summed E-state index contributed by atoms with van der Waals surface area (Å²) in [6.07, 6.45) is 2.64. The van der Waals surface area contributed by atoms with Crippen LogP contribution in [0.4, 0.5) is 0 Å². The van der Waals surface area contributed by atoms with Crippen molar-refractivity contribution in [3.8, 4) is 0 Å². The van der Waals surface area contributed by atoms with E-state index in [-0.39, 0.29) is 0 Å². The number of rotatable bonds is 0. The molecule has 0 saturated heterocycles. The molecule has 0 nitrogen and oxygen atoms in total. The molecule has 0 spiro atoms. The molecule has 0 heteroatoms. The van der Waals surface area contributed by atoms with Crippen molar-refractivity contribution in [1.82, 2.24) is 0 Å². The van der Waals surface area contributed by atoms with Crippen molar-refractivity contribution in [1.29, 1.82) is 0 Å². The molecule has 0 heterocycles. The maximum atomic E-state index is 2.39. The molecule has 0 aliphatic heterocycles. The lowest BCUT2D eigenvalue weighted by Gasteiger charge is -2.13. The Morgan fingerprint density at radius 1 is 0.842 bits per heavy atom. The minimum atomic E-state index is 0.786. The summed E-state index contributed by atoms with van der Waals surface area (Å²) in [6.45, 7) is 21.1. The number of hydrogen-bond acceptors (Lipinski definition) is 0. The van der Waals surface area contributed by atoms with Gasteiger partial charge in [0.25, 0.3) is 0 Å². The third-order valence-electron chi connectivity index (χ3n) is 3.63. The average Bonchev–Trinajstić information content (AvgIpc) is 2.84. The molecule has 2 rings (SSSR count). The predicted octanol–water partition coefficient (Wildman–Crippen LogP) is 6.74. The van der Waals surface area contributed by atoms with Gasteiger partial charge in [-0.2, -0.15) is 0 Å². The van der Waals surface area contributed by atoms with Crippen LogP contribution in [0.15, 0.2) is 6.07 Å². The van der Waals surface area contributed by atoms with Crippen LogP contribution in [-0.4, -0.2) is 0 Å². The predicted molar refractivity (Wildman–Crippen MR) is 91.4 cm³/mol. The molecular weight excluding hydrogens is 228 g/mol. The van der Waals surface area contributed by atoms with Crippen LogP contribution < -0.4 is 0 Å². The molecule has 0 saturated carbocycles. The second-order valence-electron chi connectivity index (χ2n) is 4.46. The third-order valence-corrected chi connectivity index (χ3v) is 3.63. The van der Waals surface area contributed by atoms with Crippen LogP contribution in [0.25, 0.3) is 0 Å². The fourth-order valence-electron chi connectivity index (χ4n) is 2.60. The first-order chi connectivity index (χ1) is 9.11. The van der Waals surface area contributed by atoms with Gasteiger partial charge in [-0.25, -0.2) is 0 Å². The van der Waals surface area contributed by atoms with Gasteiger partial charge >= 0.3 is 0 Å². The van der Waals surface area contributed by atoms with Gasteiger partial charge in [0.05, 0.1) is 0 Å². The van der Waals surface area contributed by atoms with Gasteiger partial charge in [0, 0.05) is 0 Å². The first-order valence-electron chi connectivity index (χ1n) is 8.21. The molecule has 1 unspecified atom stereocenters. The SMILES string of the molecule is CC.CC.CC.Cc1cc2c(c(C)c1C)C(C)CC2. The van der Waals surface area contributed by atoms with Crippen LogP contribution in [0.3, 0.4) is 0 Å². The Morgan fingerprint density at radius 3 is 1.79 bits per heavy atom. The monoisotopic (exact) mass is 264 g/mol. The highest BCUT2D eigenvalue weighted by Gasteiger charge is 2.21. The van der Waals surface area contributed by atoms with Crippen LogP contribution in [0.5, 0.6) is 0 Å². The lowest BCUT2D eigenvalue weighted by atomic mass is 9.92. The van der Waals surface area contributed by atoms with Crippen molar-refractivity contribution in [3.05, 3.63) is 33.9 Å². The van der Waals surface area contributed by atoms with Crippen LogP contribution >= 0.6 is 0 Å². The number of benzene rings is 1. The summed E-state index contributed by atoms with van der Waals surface area (Å²) in [7, 11) is 0. The minimum absolute atomic E-state index is 0.786. The van der Waals surface area contributed by atoms with Gasteiger partial charge < -0.3 is 0 Å². The summed E-state index contributed by atoms with van der Waals surface area (Å²) in [5.41, 5.74) is 7.74. The molecule has 1 aliphatic rings. The Kier molecular flexibility index (Phi) is 12.0. The molecule has 0 fully saturated rings. The third kappa shape index (κ3) is 5.01. The highest BCUT2D eigenvalue weighted by Crippen LogP contribution is 2.37. The zero-order valence-electron chi connectivity index (χ0n) is 15.1. The topological polar surface area (TPSA) is 0 Å². The van der Waals surface area contributed by atoms with Crippen LogP contribution in [0.1, 0.15) is 88.6 Å². The summed E-state index contributed by atoms with van der Waals surface area (Å²) in [6, 6.07) is 2.39. The normalized spacial score (nSPS) is 14.9. The first kappa shape index (κ1) is 20.5. The minimum Gasteiger partial charge on any atom is -0.0683 e. The Morgan fingerprint density at radius 2 is 1.32 bits per heavy atom. The van der Waals surface area contributed by atoms with E-state index in [1.165, 1.54) is 24.0 Å².